The molecular formula is C93H96Cl4N20O6. The first-order valence-electron chi connectivity index (χ1n) is 40.6. The fraction of sp³-hybridized carbons (Fsp3) is 0.258. The first-order chi connectivity index (χ1) is 59.5. The quantitative estimate of drug-likeness (QED) is 0.0420. The average Bonchev–Trinajstić information content (AvgIpc) is 0.823. The molecule has 12 aromatic rings. The Hall–Kier alpha value is -12.4. The molecule has 4 aliphatic heterocycles. The van der Waals surface area contributed by atoms with Gasteiger partial charge in [0, 0.05) is 173 Å². The highest BCUT2D eigenvalue weighted by atomic mass is 35.5. The van der Waals surface area contributed by atoms with Gasteiger partial charge in [0.2, 0.25) is 5.91 Å². The molecule has 8 aromatic heterocycles. The second-order valence-corrected chi connectivity index (χ2v) is 31.7. The van der Waals surface area contributed by atoms with Crippen molar-refractivity contribution in [1.82, 2.24) is 60.7 Å². The second-order valence-electron chi connectivity index (χ2n) is 30.1. The molecule has 30 heteroatoms. The van der Waals surface area contributed by atoms with Crippen LogP contribution in [0.5, 0.6) is 0 Å². The number of nitrogens with one attached hydrogen (secondary N) is 7. The van der Waals surface area contributed by atoms with E-state index in [2.05, 4.69) is 117 Å². The highest BCUT2D eigenvalue weighted by Gasteiger charge is 2.27. The molecule has 4 aromatic carbocycles. The SMILES string of the molecule is Cc1nc(N2CCN(C(=O)CO)CC2)ccc1C(=O)Nc1ccc(Cl)c(-c2ccccn2)c1.Cc1nc(N2CCNC(C)C2)ccc1C(=O)Nc1ccc(Cl)c(-c2ccccn2)c1.Cc1nc(N2CCN[C@@H](C)C2)ccc1C(=O)Nc1ccc(Cl)c(-c2ccccn2)c1.Cc1nc(N2CCN[C@H](C)C2)ccc1C(=O)Nc1ccc(Cl)c(-c2ccccn2)c1. The predicted molar refractivity (Wildman–Crippen MR) is 491 cm³/mol. The number of halogens is 4. The fourth-order valence-corrected chi connectivity index (χ4v) is 15.5. The Bertz CT molecular complexity index is 5320. The summed E-state index contributed by atoms with van der Waals surface area (Å²) in [5.41, 5.74) is 13.5. The van der Waals surface area contributed by atoms with Crippen molar-refractivity contribution in [2.45, 2.75) is 66.6 Å². The maximum atomic E-state index is 12.9. The van der Waals surface area contributed by atoms with Gasteiger partial charge in [0.1, 0.15) is 29.9 Å². The van der Waals surface area contributed by atoms with E-state index in [1.165, 1.54) is 0 Å². The van der Waals surface area contributed by atoms with Crippen molar-refractivity contribution < 1.29 is 29.1 Å². The Morgan fingerprint density at radius 1 is 0.350 bits per heavy atom. The number of aliphatic hydroxyl groups excluding tert-OH is 1. The van der Waals surface area contributed by atoms with Gasteiger partial charge >= 0.3 is 0 Å². The Balaban J connectivity index is 0.000000141. The number of piperazine rings is 4. The van der Waals surface area contributed by atoms with Gasteiger partial charge in [-0.05, 0) is 218 Å². The first-order valence-corrected chi connectivity index (χ1v) is 42.1. The number of hydrogen-bond acceptors (Lipinski definition) is 21. The number of nitrogens with zero attached hydrogens (tertiary/aromatic N) is 13. The van der Waals surface area contributed by atoms with Crippen LogP contribution in [0, 0.1) is 27.7 Å². The zero-order valence-electron chi connectivity index (χ0n) is 69.2. The van der Waals surface area contributed by atoms with Gasteiger partial charge in [0.15, 0.2) is 0 Å². The monoisotopic (exact) mass is 1730 g/mol. The number of carbonyl (C=O) groups is 5. The van der Waals surface area contributed by atoms with E-state index in [9.17, 15) is 24.0 Å². The van der Waals surface area contributed by atoms with Crippen LogP contribution in [0.1, 0.15) is 85.0 Å². The number of amides is 5. The molecule has 4 aliphatic rings. The number of aryl methyl sites for hydroxylation is 4. The highest BCUT2D eigenvalue weighted by molar-refractivity contribution is 6.35. The van der Waals surface area contributed by atoms with Crippen LogP contribution in [-0.4, -0.2) is 189 Å². The minimum Gasteiger partial charge on any atom is -0.387 e. The van der Waals surface area contributed by atoms with E-state index in [1.807, 2.05) is 154 Å². The lowest BCUT2D eigenvalue weighted by Gasteiger charge is -2.35. The lowest BCUT2D eigenvalue weighted by molar-refractivity contribution is -0.134. The van der Waals surface area contributed by atoms with Crippen molar-refractivity contribution in [1.29, 1.82) is 0 Å². The summed E-state index contributed by atoms with van der Waals surface area (Å²) in [4.78, 5) is 110. The molecule has 26 nitrogen and oxygen atoms in total. The number of anilines is 8. The topological polar surface area (TPSA) is 309 Å². The number of aromatic nitrogens is 8. The molecule has 5 amide bonds. The Kier molecular flexibility index (Phi) is 30.1. The van der Waals surface area contributed by atoms with Crippen LogP contribution in [0.25, 0.3) is 45.0 Å². The maximum Gasteiger partial charge on any atom is 0.257 e. The first kappa shape index (κ1) is 88.4. The van der Waals surface area contributed by atoms with Gasteiger partial charge < -0.3 is 66.8 Å². The van der Waals surface area contributed by atoms with Crippen molar-refractivity contribution in [2.75, 3.05) is 133 Å². The minimum absolute atomic E-state index is 0.200. The molecule has 8 N–H and O–H groups in total. The van der Waals surface area contributed by atoms with Gasteiger partial charge in [-0.25, -0.2) is 19.9 Å². The zero-order valence-corrected chi connectivity index (χ0v) is 72.3. The average molecular weight is 1730 g/mol. The standard InChI is InChI=1S/C24H24ClN5O3.3C23H24ClN5O/c1-16-18(6-8-22(27-16)29-10-12-30(13-11-29)23(32)15-31)24(33)28-17-5-7-20(25)19(14-17)21-4-2-3-9-26-21;3*1-15-14-29(12-11-25-15)22-9-7-18(16(2)27-22)23(30)28-17-6-8-20(24)19(13-17)21-5-3-4-10-26-21/h2-9,14,31H,10-13,15H2,1H3,(H,28,33);3*3-10,13,15,25H,11-12,14H2,1-2H3,(H,28,30)/t;2*15-;/m.10./s1. The third-order valence-electron chi connectivity index (χ3n) is 21.1. The number of aliphatic hydroxyl groups is 1. The molecule has 12 heterocycles. The van der Waals surface area contributed by atoms with Crippen LogP contribution < -0.4 is 56.8 Å². The summed E-state index contributed by atoms with van der Waals surface area (Å²) in [6.45, 7) is 23.9. The van der Waals surface area contributed by atoms with Crippen molar-refractivity contribution in [3.8, 4) is 45.0 Å². The number of carbonyl (C=O) groups excluding carboxylic acids is 5. The van der Waals surface area contributed by atoms with Gasteiger partial charge in [-0.2, -0.15) is 0 Å². The Morgan fingerprint density at radius 2 is 0.610 bits per heavy atom. The maximum absolute atomic E-state index is 12.9. The number of pyridine rings is 8. The lowest BCUT2D eigenvalue weighted by atomic mass is 10.1. The third kappa shape index (κ3) is 23.3. The van der Waals surface area contributed by atoms with E-state index in [0.717, 1.165) is 127 Å². The number of benzene rings is 4. The van der Waals surface area contributed by atoms with Gasteiger partial charge in [-0.3, -0.25) is 43.9 Å². The van der Waals surface area contributed by atoms with E-state index in [-0.39, 0.29) is 29.5 Å². The van der Waals surface area contributed by atoms with Crippen molar-refractivity contribution in [3.05, 3.63) is 284 Å². The van der Waals surface area contributed by atoms with Gasteiger partial charge in [-0.1, -0.05) is 70.7 Å². The van der Waals surface area contributed by atoms with Gasteiger partial charge in [0.05, 0.1) is 87.9 Å². The lowest BCUT2D eigenvalue weighted by Crippen LogP contribution is -2.49. The number of hydrogen-bond donors (Lipinski definition) is 8. The summed E-state index contributed by atoms with van der Waals surface area (Å²) in [5.74, 6) is 2.34. The second kappa shape index (κ2) is 41.9. The molecule has 0 bridgehead atoms. The molecule has 0 spiro atoms. The Morgan fingerprint density at radius 3 is 0.837 bits per heavy atom. The van der Waals surface area contributed by atoms with E-state index in [4.69, 9.17) is 51.5 Å². The smallest absolute Gasteiger partial charge is 0.257 e. The summed E-state index contributed by atoms with van der Waals surface area (Å²) in [6, 6.07) is 60.0. The van der Waals surface area contributed by atoms with Crippen molar-refractivity contribution in [3.63, 3.8) is 0 Å². The molecule has 0 aliphatic carbocycles. The fourth-order valence-electron chi connectivity index (χ4n) is 14.6. The van der Waals surface area contributed by atoms with Crippen LogP contribution in [0.3, 0.4) is 0 Å². The summed E-state index contributed by atoms with van der Waals surface area (Å²) >= 11 is 25.4. The molecule has 0 radical (unpaired) electrons. The van der Waals surface area contributed by atoms with Crippen LogP contribution in [-0.2, 0) is 4.79 Å². The number of rotatable bonds is 17. The summed E-state index contributed by atoms with van der Waals surface area (Å²) in [6.07, 6.45) is 6.84. The van der Waals surface area contributed by atoms with E-state index >= 15 is 0 Å². The molecule has 4 saturated heterocycles. The minimum atomic E-state index is -0.474. The predicted octanol–water partition coefficient (Wildman–Crippen LogP) is 15.5. The molecule has 123 heavy (non-hydrogen) atoms. The van der Waals surface area contributed by atoms with Crippen LogP contribution in [0.15, 0.2) is 219 Å². The van der Waals surface area contributed by atoms with E-state index in [1.54, 1.807) is 97.3 Å². The van der Waals surface area contributed by atoms with Crippen molar-refractivity contribution in [2.24, 2.45) is 0 Å². The molecule has 4 fully saturated rings. The third-order valence-corrected chi connectivity index (χ3v) is 22.4. The van der Waals surface area contributed by atoms with Gasteiger partial charge in [0.25, 0.3) is 23.6 Å². The van der Waals surface area contributed by atoms with E-state index < -0.39 is 6.61 Å². The summed E-state index contributed by atoms with van der Waals surface area (Å²) < 4.78 is 0. The highest BCUT2D eigenvalue weighted by Crippen LogP contribution is 2.35. The molecule has 16 rings (SSSR count). The normalized spacial score (nSPS) is 15.6. The van der Waals surface area contributed by atoms with Crippen LogP contribution in [0.4, 0.5) is 46.0 Å². The van der Waals surface area contributed by atoms with Crippen molar-refractivity contribution >= 4 is 122 Å². The van der Waals surface area contributed by atoms with Crippen LogP contribution in [0.2, 0.25) is 20.1 Å². The molecule has 3 atom stereocenters. The van der Waals surface area contributed by atoms with Gasteiger partial charge in [-0.15, -0.1) is 0 Å². The zero-order chi connectivity index (χ0) is 86.6. The summed E-state index contributed by atoms with van der Waals surface area (Å²) in [7, 11) is 0. The van der Waals surface area contributed by atoms with Crippen LogP contribution >= 0.6 is 46.4 Å². The largest absolute Gasteiger partial charge is 0.387 e. The molecule has 632 valence electrons. The van der Waals surface area contributed by atoms with E-state index in [0.29, 0.717) is 132 Å². The summed E-state index contributed by atoms with van der Waals surface area (Å²) in [5, 5.41) is 33.4. The Labute approximate surface area is 735 Å². The molecule has 0 saturated carbocycles. The molecule has 1 unspecified atom stereocenters. The molecular weight excluding hydrogens is 1630 g/mol.